The van der Waals surface area contributed by atoms with Gasteiger partial charge in [-0.3, -0.25) is 9.59 Å². The molecule has 2 rings (SSSR count). The standard InChI is InChI=1S/C15H11ClFNO2/c1-9(19)10-3-2-4-12(7-10)18-15(20)13-8-11(16)5-6-14(13)17/h2-8H,1H3,(H,18,20). The molecule has 0 aromatic heterocycles. The maximum Gasteiger partial charge on any atom is 0.258 e. The monoisotopic (exact) mass is 291 g/mol. The van der Waals surface area contributed by atoms with Crippen molar-refractivity contribution in [2.45, 2.75) is 6.92 Å². The molecule has 1 amide bonds. The third kappa shape index (κ3) is 3.22. The molecule has 102 valence electrons. The summed E-state index contributed by atoms with van der Waals surface area (Å²) in [6, 6.07) is 10.2. The summed E-state index contributed by atoms with van der Waals surface area (Å²) in [7, 11) is 0. The lowest BCUT2D eigenvalue weighted by Gasteiger charge is -2.07. The highest BCUT2D eigenvalue weighted by atomic mass is 35.5. The smallest absolute Gasteiger partial charge is 0.258 e. The first-order chi connectivity index (χ1) is 9.47. The summed E-state index contributed by atoms with van der Waals surface area (Å²) in [4.78, 5) is 23.2. The van der Waals surface area contributed by atoms with Gasteiger partial charge in [0, 0.05) is 16.3 Å². The lowest BCUT2D eigenvalue weighted by molar-refractivity contribution is 0.100. The number of hydrogen-bond donors (Lipinski definition) is 1. The minimum absolute atomic E-state index is 0.116. The first kappa shape index (κ1) is 14.2. The lowest BCUT2D eigenvalue weighted by Crippen LogP contribution is -2.14. The summed E-state index contributed by atoms with van der Waals surface area (Å²) < 4.78 is 13.6. The van der Waals surface area contributed by atoms with Crippen molar-refractivity contribution in [3.63, 3.8) is 0 Å². The highest BCUT2D eigenvalue weighted by molar-refractivity contribution is 6.31. The molecule has 0 spiro atoms. The molecule has 0 aliphatic rings. The molecule has 3 nitrogen and oxygen atoms in total. The maximum atomic E-state index is 13.6. The van der Waals surface area contributed by atoms with Crippen LogP contribution >= 0.6 is 11.6 Å². The number of nitrogens with one attached hydrogen (secondary N) is 1. The normalized spacial score (nSPS) is 10.2. The van der Waals surface area contributed by atoms with E-state index in [0.717, 1.165) is 6.07 Å². The molecular weight excluding hydrogens is 281 g/mol. The predicted molar refractivity (Wildman–Crippen MR) is 75.8 cm³/mol. The molecule has 0 fully saturated rings. The van der Waals surface area contributed by atoms with E-state index in [1.54, 1.807) is 18.2 Å². The largest absolute Gasteiger partial charge is 0.322 e. The number of benzene rings is 2. The van der Waals surface area contributed by atoms with E-state index in [9.17, 15) is 14.0 Å². The van der Waals surface area contributed by atoms with Gasteiger partial charge in [-0.05, 0) is 37.3 Å². The zero-order valence-corrected chi connectivity index (χ0v) is 11.4. The molecule has 0 bridgehead atoms. The first-order valence-electron chi connectivity index (χ1n) is 5.85. The van der Waals surface area contributed by atoms with Crippen LogP contribution in [0.3, 0.4) is 0 Å². The Kier molecular flexibility index (Phi) is 4.15. The van der Waals surface area contributed by atoms with Crippen LogP contribution in [0.15, 0.2) is 42.5 Å². The molecule has 2 aromatic carbocycles. The van der Waals surface area contributed by atoms with Crippen molar-refractivity contribution in [2.24, 2.45) is 0 Å². The molecule has 0 aliphatic carbocycles. The van der Waals surface area contributed by atoms with Gasteiger partial charge >= 0.3 is 0 Å². The Morgan fingerprint density at radius 3 is 2.60 bits per heavy atom. The number of carbonyl (C=O) groups is 2. The summed E-state index contributed by atoms with van der Waals surface area (Å²) in [5.41, 5.74) is 0.738. The topological polar surface area (TPSA) is 46.2 Å². The average Bonchev–Trinajstić information content (AvgIpc) is 2.41. The predicted octanol–water partition coefficient (Wildman–Crippen LogP) is 3.93. The fourth-order valence-electron chi connectivity index (χ4n) is 1.69. The molecule has 0 saturated heterocycles. The van der Waals surface area contributed by atoms with Gasteiger partial charge in [0.15, 0.2) is 5.78 Å². The van der Waals surface area contributed by atoms with Crippen LogP contribution in [-0.4, -0.2) is 11.7 Å². The maximum absolute atomic E-state index is 13.6. The van der Waals surface area contributed by atoms with Crippen LogP contribution in [0.25, 0.3) is 0 Å². The molecular formula is C15H11ClFNO2. The Balaban J connectivity index is 2.25. The third-order valence-electron chi connectivity index (χ3n) is 2.70. The number of halogens is 2. The van der Waals surface area contributed by atoms with Gasteiger partial charge in [-0.2, -0.15) is 0 Å². The van der Waals surface area contributed by atoms with Crippen molar-refractivity contribution in [3.05, 3.63) is 64.4 Å². The number of rotatable bonds is 3. The first-order valence-corrected chi connectivity index (χ1v) is 6.22. The van der Waals surface area contributed by atoms with Crippen molar-refractivity contribution < 1.29 is 14.0 Å². The zero-order chi connectivity index (χ0) is 14.7. The molecule has 20 heavy (non-hydrogen) atoms. The summed E-state index contributed by atoms with van der Waals surface area (Å²) >= 11 is 5.74. The molecule has 0 aliphatic heterocycles. The quantitative estimate of drug-likeness (QED) is 0.871. The van der Waals surface area contributed by atoms with Gasteiger partial charge in [-0.15, -0.1) is 0 Å². The van der Waals surface area contributed by atoms with E-state index in [2.05, 4.69) is 5.32 Å². The number of anilines is 1. The molecule has 0 radical (unpaired) electrons. The summed E-state index contributed by atoms with van der Waals surface area (Å²) in [6.07, 6.45) is 0. The van der Waals surface area contributed by atoms with Crippen molar-refractivity contribution >= 4 is 29.0 Å². The van der Waals surface area contributed by atoms with Crippen LogP contribution in [0.2, 0.25) is 5.02 Å². The van der Waals surface area contributed by atoms with Gasteiger partial charge in [-0.25, -0.2) is 4.39 Å². The van der Waals surface area contributed by atoms with Gasteiger partial charge in [0.1, 0.15) is 5.82 Å². The molecule has 0 unspecified atom stereocenters. The second-order valence-electron chi connectivity index (χ2n) is 4.22. The minimum atomic E-state index is -0.658. The summed E-state index contributed by atoms with van der Waals surface area (Å²) in [6.45, 7) is 1.43. The van der Waals surface area contributed by atoms with E-state index >= 15 is 0 Å². The fourth-order valence-corrected chi connectivity index (χ4v) is 1.86. The Labute approximate surface area is 120 Å². The van der Waals surface area contributed by atoms with E-state index in [1.807, 2.05) is 0 Å². The van der Waals surface area contributed by atoms with Crippen LogP contribution in [-0.2, 0) is 0 Å². The minimum Gasteiger partial charge on any atom is -0.322 e. The third-order valence-corrected chi connectivity index (χ3v) is 2.94. The Morgan fingerprint density at radius 2 is 1.90 bits per heavy atom. The van der Waals surface area contributed by atoms with Crippen LogP contribution in [0, 0.1) is 5.82 Å². The van der Waals surface area contributed by atoms with E-state index < -0.39 is 11.7 Å². The molecule has 2 aromatic rings. The Bertz CT molecular complexity index is 685. The number of ketones is 1. The summed E-state index contributed by atoms with van der Waals surface area (Å²) in [5.74, 6) is -1.39. The fraction of sp³-hybridized carbons (Fsp3) is 0.0667. The van der Waals surface area contributed by atoms with Gasteiger partial charge in [0.25, 0.3) is 5.91 Å². The lowest BCUT2D eigenvalue weighted by atomic mass is 10.1. The van der Waals surface area contributed by atoms with Gasteiger partial charge in [-0.1, -0.05) is 23.7 Å². The number of Topliss-reactive ketones (excluding diaryl/α,β-unsaturated/α-hetero) is 1. The molecule has 0 saturated carbocycles. The average molecular weight is 292 g/mol. The molecule has 0 heterocycles. The van der Waals surface area contributed by atoms with Crippen LogP contribution in [0.1, 0.15) is 27.6 Å². The number of hydrogen-bond acceptors (Lipinski definition) is 2. The van der Waals surface area contributed by atoms with Crippen molar-refractivity contribution in [2.75, 3.05) is 5.32 Å². The summed E-state index contributed by atoms with van der Waals surface area (Å²) in [5, 5.41) is 2.80. The molecule has 0 atom stereocenters. The second-order valence-corrected chi connectivity index (χ2v) is 4.65. The molecule has 1 N–H and O–H groups in total. The SMILES string of the molecule is CC(=O)c1cccc(NC(=O)c2cc(Cl)ccc2F)c1. The Hall–Kier alpha value is -2.20. The van der Waals surface area contributed by atoms with Crippen molar-refractivity contribution in [1.29, 1.82) is 0 Å². The molecule has 5 heteroatoms. The van der Waals surface area contributed by atoms with Crippen LogP contribution < -0.4 is 5.32 Å². The van der Waals surface area contributed by atoms with Crippen molar-refractivity contribution in [3.8, 4) is 0 Å². The highest BCUT2D eigenvalue weighted by Gasteiger charge is 2.13. The van der Waals surface area contributed by atoms with Gasteiger partial charge in [0.2, 0.25) is 0 Å². The van der Waals surface area contributed by atoms with E-state index in [-0.39, 0.29) is 16.4 Å². The van der Waals surface area contributed by atoms with E-state index in [0.29, 0.717) is 11.3 Å². The van der Waals surface area contributed by atoms with Crippen LogP contribution in [0.5, 0.6) is 0 Å². The Morgan fingerprint density at radius 1 is 1.15 bits per heavy atom. The van der Waals surface area contributed by atoms with E-state index in [4.69, 9.17) is 11.6 Å². The zero-order valence-electron chi connectivity index (χ0n) is 10.6. The highest BCUT2D eigenvalue weighted by Crippen LogP contribution is 2.17. The number of carbonyl (C=O) groups excluding carboxylic acids is 2. The second kappa shape index (κ2) is 5.84. The van der Waals surface area contributed by atoms with Gasteiger partial charge < -0.3 is 5.32 Å². The van der Waals surface area contributed by atoms with Crippen LogP contribution in [0.4, 0.5) is 10.1 Å². The number of amides is 1. The van der Waals surface area contributed by atoms with Crippen molar-refractivity contribution in [1.82, 2.24) is 0 Å². The van der Waals surface area contributed by atoms with Gasteiger partial charge in [0.05, 0.1) is 5.56 Å². The van der Waals surface area contributed by atoms with E-state index in [1.165, 1.54) is 25.1 Å².